The topological polar surface area (TPSA) is 42.2 Å². The molecule has 1 aliphatic heterocycles. The van der Waals surface area contributed by atoms with Crippen molar-refractivity contribution in [3.8, 4) is 0 Å². The second-order valence-electron chi connectivity index (χ2n) is 5.22. The zero-order valence-electron chi connectivity index (χ0n) is 11.1. The van der Waals surface area contributed by atoms with Gasteiger partial charge in [-0.1, -0.05) is 13.8 Å². The van der Waals surface area contributed by atoms with Crippen LogP contribution in [-0.4, -0.2) is 18.1 Å². The maximum absolute atomic E-state index is 5.86. The van der Waals surface area contributed by atoms with E-state index in [-0.39, 0.29) is 6.04 Å². The first kappa shape index (κ1) is 12.8. The Bertz CT molecular complexity index is 368. The highest BCUT2D eigenvalue weighted by atomic mass is 32.1. The summed E-state index contributed by atoms with van der Waals surface area (Å²) in [7, 11) is 0. The molecule has 17 heavy (non-hydrogen) atoms. The minimum Gasteiger partial charge on any atom is -0.348 e. The molecule has 0 aromatic carbocycles. The number of nitrogens with zero attached hydrogens (tertiary/aromatic N) is 2. The predicted octanol–water partition coefficient (Wildman–Crippen LogP) is 3.18. The molecule has 1 aliphatic rings. The van der Waals surface area contributed by atoms with Gasteiger partial charge in [0.25, 0.3) is 0 Å². The van der Waals surface area contributed by atoms with Crippen molar-refractivity contribution in [2.75, 3.05) is 18.0 Å². The van der Waals surface area contributed by atoms with Gasteiger partial charge in [0.1, 0.15) is 0 Å². The molecule has 0 saturated carbocycles. The summed E-state index contributed by atoms with van der Waals surface area (Å²) in [6, 6.07) is 0.0460. The van der Waals surface area contributed by atoms with Gasteiger partial charge >= 0.3 is 0 Å². The maximum Gasteiger partial charge on any atom is 0.185 e. The lowest BCUT2D eigenvalue weighted by Gasteiger charge is -2.26. The fourth-order valence-corrected chi connectivity index (χ4v) is 3.51. The molecule has 0 amide bonds. The summed E-state index contributed by atoms with van der Waals surface area (Å²) in [5.41, 5.74) is 7.39. The molecule has 1 aromatic rings. The monoisotopic (exact) mass is 253 g/mol. The van der Waals surface area contributed by atoms with Crippen molar-refractivity contribution in [3.05, 3.63) is 11.1 Å². The summed E-state index contributed by atoms with van der Waals surface area (Å²) < 4.78 is 0. The first-order valence-corrected chi connectivity index (χ1v) is 7.44. The van der Waals surface area contributed by atoms with E-state index in [1.165, 1.54) is 19.3 Å². The van der Waals surface area contributed by atoms with Gasteiger partial charge in [-0.05, 0) is 31.6 Å². The molecule has 0 bridgehead atoms. The average Bonchev–Trinajstić information content (AvgIpc) is 2.96. The van der Waals surface area contributed by atoms with Crippen molar-refractivity contribution >= 4 is 16.5 Å². The third-order valence-electron chi connectivity index (χ3n) is 4.19. The van der Waals surface area contributed by atoms with Gasteiger partial charge in [-0.25, -0.2) is 4.98 Å². The molecule has 4 heteroatoms. The second kappa shape index (κ2) is 4.94. The van der Waals surface area contributed by atoms with Gasteiger partial charge < -0.3 is 10.6 Å². The first-order valence-electron chi connectivity index (χ1n) is 6.56. The minimum absolute atomic E-state index is 0.0460. The van der Waals surface area contributed by atoms with E-state index < -0.39 is 0 Å². The number of aromatic nitrogens is 1. The molecule has 3 nitrogen and oxygen atoms in total. The van der Waals surface area contributed by atoms with Crippen LogP contribution in [0.4, 0.5) is 5.13 Å². The van der Waals surface area contributed by atoms with Gasteiger partial charge in [-0.2, -0.15) is 0 Å². The summed E-state index contributed by atoms with van der Waals surface area (Å²) in [5.74, 6) is 0. The van der Waals surface area contributed by atoms with E-state index in [1.54, 1.807) is 11.3 Å². The highest BCUT2D eigenvalue weighted by Gasteiger charge is 2.35. The van der Waals surface area contributed by atoms with Crippen LogP contribution in [0.1, 0.15) is 51.8 Å². The SMILES string of the molecule is CCC1(CC)CCN(c2nc(C(C)N)cs2)C1. The van der Waals surface area contributed by atoms with Gasteiger partial charge in [0.15, 0.2) is 5.13 Å². The molecular weight excluding hydrogens is 230 g/mol. The largest absolute Gasteiger partial charge is 0.348 e. The van der Waals surface area contributed by atoms with Crippen LogP contribution >= 0.6 is 11.3 Å². The predicted molar refractivity (Wildman–Crippen MR) is 74.6 cm³/mol. The molecular formula is C13H23N3S. The Hall–Kier alpha value is -0.610. The van der Waals surface area contributed by atoms with Crippen molar-refractivity contribution in [1.29, 1.82) is 0 Å². The van der Waals surface area contributed by atoms with E-state index in [0.717, 1.165) is 23.9 Å². The quantitative estimate of drug-likeness (QED) is 0.896. The van der Waals surface area contributed by atoms with Gasteiger partial charge in [-0.3, -0.25) is 0 Å². The van der Waals surface area contributed by atoms with Gasteiger partial charge in [0, 0.05) is 24.5 Å². The van der Waals surface area contributed by atoms with E-state index in [1.807, 2.05) is 6.92 Å². The molecule has 2 N–H and O–H groups in total. The van der Waals surface area contributed by atoms with Crippen LogP contribution in [0.5, 0.6) is 0 Å². The highest BCUT2D eigenvalue weighted by Crippen LogP contribution is 2.39. The van der Waals surface area contributed by atoms with Crippen LogP contribution in [0.3, 0.4) is 0 Å². The first-order chi connectivity index (χ1) is 8.10. The molecule has 1 atom stereocenters. The smallest absolute Gasteiger partial charge is 0.185 e. The number of nitrogens with two attached hydrogens (primary N) is 1. The van der Waals surface area contributed by atoms with Crippen molar-refractivity contribution in [3.63, 3.8) is 0 Å². The van der Waals surface area contributed by atoms with Crippen LogP contribution in [-0.2, 0) is 0 Å². The van der Waals surface area contributed by atoms with Gasteiger partial charge in [-0.15, -0.1) is 11.3 Å². The van der Waals surface area contributed by atoms with Gasteiger partial charge in [0.2, 0.25) is 0 Å². The molecule has 0 radical (unpaired) electrons. The molecule has 1 unspecified atom stereocenters. The Labute approximate surface area is 108 Å². The van der Waals surface area contributed by atoms with E-state index in [0.29, 0.717) is 5.41 Å². The standard InChI is InChI=1S/C13H23N3S/c1-4-13(5-2)6-7-16(9-13)12-15-11(8-17-12)10(3)14/h8,10H,4-7,9,14H2,1-3H3. The highest BCUT2D eigenvalue weighted by molar-refractivity contribution is 7.13. The number of rotatable bonds is 4. The molecule has 0 spiro atoms. The number of anilines is 1. The van der Waals surface area contributed by atoms with Crippen LogP contribution in [0.2, 0.25) is 0 Å². The zero-order chi connectivity index (χ0) is 12.5. The lowest BCUT2D eigenvalue weighted by Crippen LogP contribution is -2.26. The van der Waals surface area contributed by atoms with Crippen molar-refractivity contribution < 1.29 is 0 Å². The van der Waals surface area contributed by atoms with Crippen molar-refractivity contribution in [2.45, 2.75) is 46.1 Å². The summed E-state index contributed by atoms with van der Waals surface area (Å²) in [4.78, 5) is 7.08. The molecule has 1 saturated heterocycles. The molecule has 1 aromatic heterocycles. The molecule has 96 valence electrons. The molecule has 0 aliphatic carbocycles. The lowest BCUT2D eigenvalue weighted by molar-refractivity contribution is 0.301. The average molecular weight is 253 g/mol. The number of hydrogen-bond acceptors (Lipinski definition) is 4. The Morgan fingerprint density at radius 2 is 2.24 bits per heavy atom. The summed E-state index contributed by atoms with van der Waals surface area (Å²) in [6.07, 6.45) is 3.84. The van der Waals surface area contributed by atoms with Crippen LogP contribution in [0.15, 0.2) is 5.38 Å². The lowest BCUT2D eigenvalue weighted by atomic mass is 9.82. The maximum atomic E-state index is 5.86. The molecule has 1 fully saturated rings. The molecule has 2 rings (SSSR count). The summed E-state index contributed by atoms with van der Waals surface area (Å²) in [5, 5.41) is 3.25. The molecule has 2 heterocycles. The van der Waals surface area contributed by atoms with Crippen LogP contribution in [0.25, 0.3) is 0 Å². The zero-order valence-corrected chi connectivity index (χ0v) is 11.9. The third-order valence-corrected chi connectivity index (χ3v) is 5.10. The minimum atomic E-state index is 0.0460. The van der Waals surface area contributed by atoms with Crippen LogP contribution in [0, 0.1) is 5.41 Å². The second-order valence-corrected chi connectivity index (χ2v) is 6.06. The van der Waals surface area contributed by atoms with Gasteiger partial charge in [0.05, 0.1) is 5.69 Å². The fraction of sp³-hybridized carbons (Fsp3) is 0.769. The third kappa shape index (κ3) is 2.47. The number of thiazole rings is 1. The van der Waals surface area contributed by atoms with E-state index in [2.05, 4.69) is 29.1 Å². The Morgan fingerprint density at radius 1 is 1.53 bits per heavy atom. The van der Waals surface area contributed by atoms with E-state index in [4.69, 9.17) is 5.73 Å². The van der Waals surface area contributed by atoms with E-state index >= 15 is 0 Å². The fourth-order valence-electron chi connectivity index (χ4n) is 2.56. The Morgan fingerprint density at radius 3 is 2.71 bits per heavy atom. The Kier molecular flexibility index (Phi) is 3.73. The normalized spacial score (nSPS) is 20.8. The Balaban J connectivity index is 2.09. The van der Waals surface area contributed by atoms with Crippen LogP contribution < -0.4 is 10.6 Å². The van der Waals surface area contributed by atoms with Crippen molar-refractivity contribution in [2.24, 2.45) is 11.1 Å². The van der Waals surface area contributed by atoms with Crippen molar-refractivity contribution in [1.82, 2.24) is 4.98 Å². The summed E-state index contributed by atoms with van der Waals surface area (Å²) >= 11 is 1.73. The number of hydrogen-bond donors (Lipinski definition) is 1. The van der Waals surface area contributed by atoms with E-state index in [9.17, 15) is 0 Å². The summed E-state index contributed by atoms with van der Waals surface area (Å²) in [6.45, 7) is 8.91.